The summed E-state index contributed by atoms with van der Waals surface area (Å²) in [4.78, 5) is 18.5. The van der Waals surface area contributed by atoms with E-state index in [1.54, 1.807) is 7.05 Å². The Bertz CT molecular complexity index is 678. The Kier molecular flexibility index (Phi) is 5.75. The Hall–Kier alpha value is -2.28. The molecule has 2 heterocycles. The average Bonchev–Trinajstić information content (AvgIpc) is 3.06. The Balaban J connectivity index is 1.58. The van der Waals surface area contributed by atoms with Crippen molar-refractivity contribution in [2.24, 2.45) is 7.05 Å². The third kappa shape index (κ3) is 4.42. The maximum Gasteiger partial charge on any atom is 0.253 e. The number of aryl methyl sites for hydroxylation is 1. The number of carbonyl (C=O) groups is 1. The van der Waals surface area contributed by atoms with Crippen molar-refractivity contribution in [3.63, 3.8) is 0 Å². The second-order valence-electron chi connectivity index (χ2n) is 6.55. The van der Waals surface area contributed by atoms with Crippen LogP contribution in [0.25, 0.3) is 0 Å². The molecule has 0 unspecified atom stereocenters. The zero-order valence-electron chi connectivity index (χ0n) is 15.0. The lowest BCUT2D eigenvalue weighted by Crippen LogP contribution is -2.46. The minimum absolute atomic E-state index is 0.136. The molecule has 1 aromatic heterocycles. The molecule has 3 rings (SSSR count). The van der Waals surface area contributed by atoms with Crippen molar-refractivity contribution in [1.82, 2.24) is 30.0 Å². The van der Waals surface area contributed by atoms with E-state index >= 15 is 0 Å². The molecule has 134 valence electrons. The average molecular weight is 342 g/mol. The molecule has 1 saturated heterocycles. The first-order valence-electron chi connectivity index (χ1n) is 8.98. The third-order valence-electron chi connectivity index (χ3n) is 4.69. The number of amides is 1. The van der Waals surface area contributed by atoms with Gasteiger partial charge in [0.05, 0.1) is 13.6 Å². The van der Waals surface area contributed by atoms with Crippen LogP contribution in [0.4, 0.5) is 0 Å². The second-order valence-corrected chi connectivity index (χ2v) is 6.55. The molecule has 1 aliphatic rings. The summed E-state index contributed by atoms with van der Waals surface area (Å²) in [7, 11) is 1.79. The molecule has 25 heavy (non-hydrogen) atoms. The highest BCUT2D eigenvalue weighted by atomic mass is 16.2. The summed E-state index contributed by atoms with van der Waals surface area (Å²) in [6.07, 6.45) is 3.06. The lowest BCUT2D eigenvalue weighted by molar-refractivity contribution is 0.0603. The number of aromatic nitrogens is 4. The van der Waals surface area contributed by atoms with Gasteiger partial charge in [-0.2, -0.15) is 4.80 Å². The van der Waals surface area contributed by atoms with Crippen LogP contribution in [0.15, 0.2) is 30.3 Å². The topological polar surface area (TPSA) is 67.2 Å². The zero-order chi connectivity index (χ0) is 17.6. The molecule has 0 N–H and O–H groups in total. The summed E-state index contributed by atoms with van der Waals surface area (Å²) in [6, 6.07) is 10.00. The van der Waals surface area contributed by atoms with E-state index < -0.39 is 0 Å². The van der Waals surface area contributed by atoms with Crippen LogP contribution in [0.5, 0.6) is 0 Å². The highest BCUT2D eigenvalue weighted by molar-refractivity contribution is 5.94. The summed E-state index contributed by atoms with van der Waals surface area (Å²) in [5.74, 6) is 0.899. The molecule has 1 fully saturated rings. The van der Waals surface area contributed by atoms with E-state index in [4.69, 9.17) is 0 Å². The van der Waals surface area contributed by atoms with E-state index in [0.717, 1.165) is 56.8 Å². The molecule has 2 aromatic rings. The number of benzene rings is 1. The van der Waals surface area contributed by atoms with Crippen molar-refractivity contribution in [1.29, 1.82) is 0 Å². The fourth-order valence-electron chi connectivity index (χ4n) is 3.44. The van der Waals surface area contributed by atoms with E-state index in [0.29, 0.717) is 6.04 Å². The van der Waals surface area contributed by atoms with Gasteiger partial charge in [-0.05, 0) is 43.2 Å². The lowest BCUT2D eigenvalue weighted by atomic mass is 10.0. The van der Waals surface area contributed by atoms with Gasteiger partial charge in [-0.25, -0.2) is 0 Å². The van der Waals surface area contributed by atoms with Crippen molar-refractivity contribution in [2.45, 2.75) is 38.8 Å². The summed E-state index contributed by atoms with van der Waals surface area (Å²) in [5.41, 5.74) is 0.773. The van der Waals surface area contributed by atoms with E-state index in [2.05, 4.69) is 27.2 Å². The molecule has 0 atom stereocenters. The number of rotatable bonds is 6. The SMILES string of the molecule is CCCN(Cc1nnn(C)n1)C1CCN(C(=O)c2ccccc2)CC1. The summed E-state index contributed by atoms with van der Waals surface area (Å²) in [5, 5.41) is 12.3. The van der Waals surface area contributed by atoms with Crippen LogP contribution < -0.4 is 0 Å². The zero-order valence-corrected chi connectivity index (χ0v) is 15.0. The molecule has 0 aliphatic carbocycles. The highest BCUT2D eigenvalue weighted by Crippen LogP contribution is 2.20. The molecule has 1 aliphatic heterocycles. The first-order chi connectivity index (χ1) is 12.2. The molecular formula is C18H26N6O. The largest absolute Gasteiger partial charge is 0.339 e. The molecule has 0 bridgehead atoms. The molecule has 0 saturated carbocycles. The smallest absolute Gasteiger partial charge is 0.253 e. The van der Waals surface area contributed by atoms with Gasteiger partial charge in [0.25, 0.3) is 5.91 Å². The molecule has 1 amide bonds. The fraction of sp³-hybridized carbons (Fsp3) is 0.556. The number of hydrogen-bond donors (Lipinski definition) is 0. The number of tetrazole rings is 1. The predicted octanol–water partition coefficient (Wildman–Crippen LogP) is 1.73. The van der Waals surface area contributed by atoms with Gasteiger partial charge in [0, 0.05) is 24.7 Å². The van der Waals surface area contributed by atoms with E-state index in [9.17, 15) is 4.79 Å². The Morgan fingerprint density at radius 2 is 1.96 bits per heavy atom. The van der Waals surface area contributed by atoms with E-state index in [1.165, 1.54) is 4.80 Å². The number of piperidine rings is 1. The Labute approximate surface area is 148 Å². The van der Waals surface area contributed by atoms with E-state index in [1.807, 2.05) is 35.2 Å². The standard InChI is InChI=1S/C18H26N6O/c1-3-11-24(14-17-19-21-22(2)20-17)16-9-12-23(13-10-16)18(25)15-7-5-4-6-8-15/h4-8,16H,3,9-14H2,1-2H3. The summed E-state index contributed by atoms with van der Waals surface area (Å²) in [6.45, 7) is 5.51. The van der Waals surface area contributed by atoms with Crippen molar-refractivity contribution in [3.05, 3.63) is 41.7 Å². The summed E-state index contributed by atoms with van der Waals surface area (Å²) >= 11 is 0. The third-order valence-corrected chi connectivity index (χ3v) is 4.69. The summed E-state index contributed by atoms with van der Waals surface area (Å²) < 4.78 is 0. The van der Waals surface area contributed by atoms with Crippen LogP contribution in [-0.4, -0.2) is 61.6 Å². The van der Waals surface area contributed by atoms with Gasteiger partial charge in [0.15, 0.2) is 5.82 Å². The van der Waals surface area contributed by atoms with E-state index in [-0.39, 0.29) is 5.91 Å². The minimum Gasteiger partial charge on any atom is -0.339 e. The van der Waals surface area contributed by atoms with Crippen LogP contribution in [-0.2, 0) is 13.6 Å². The molecular weight excluding hydrogens is 316 g/mol. The molecule has 7 nitrogen and oxygen atoms in total. The number of hydrogen-bond acceptors (Lipinski definition) is 5. The molecule has 0 spiro atoms. The fourth-order valence-corrected chi connectivity index (χ4v) is 3.44. The van der Waals surface area contributed by atoms with Gasteiger partial charge < -0.3 is 4.90 Å². The van der Waals surface area contributed by atoms with Gasteiger partial charge in [0.1, 0.15) is 0 Å². The molecule has 1 aromatic carbocycles. The van der Waals surface area contributed by atoms with Crippen LogP contribution in [0, 0.1) is 0 Å². The number of nitrogens with zero attached hydrogens (tertiary/aromatic N) is 6. The highest BCUT2D eigenvalue weighted by Gasteiger charge is 2.27. The van der Waals surface area contributed by atoms with Crippen molar-refractivity contribution >= 4 is 5.91 Å². The molecule has 7 heteroatoms. The van der Waals surface area contributed by atoms with Crippen molar-refractivity contribution in [3.8, 4) is 0 Å². The van der Waals surface area contributed by atoms with Gasteiger partial charge in [-0.15, -0.1) is 10.2 Å². The normalized spacial score (nSPS) is 15.7. The van der Waals surface area contributed by atoms with Crippen LogP contribution >= 0.6 is 0 Å². The molecule has 0 radical (unpaired) electrons. The lowest BCUT2D eigenvalue weighted by Gasteiger charge is -2.38. The monoisotopic (exact) mass is 342 g/mol. The number of likely N-dealkylation sites (tertiary alicyclic amines) is 1. The first kappa shape index (κ1) is 17.5. The maximum absolute atomic E-state index is 12.6. The van der Waals surface area contributed by atoms with Gasteiger partial charge >= 0.3 is 0 Å². The van der Waals surface area contributed by atoms with Crippen LogP contribution in [0.1, 0.15) is 42.4 Å². The maximum atomic E-state index is 12.6. The van der Waals surface area contributed by atoms with Gasteiger partial charge in [0.2, 0.25) is 0 Å². The van der Waals surface area contributed by atoms with Crippen molar-refractivity contribution < 1.29 is 4.79 Å². The van der Waals surface area contributed by atoms with Gasteiger partial charge in [-0.1, -0.05) is 25.1 Å². The van der Waals surface area contributed by atoms with Crippen molar-refractivity contribution in [2.75, 3.05) is 19.6 Å². The minimum atomic E-state index is 0.136. The number of carbonyl (C=O) groups excluding carboxylic acids is 1. The Morgan fingerprint density at radius 3 is 2.56 bits per heavy atom. The first-order valence-corrected chi connectivity index (χ1v) is 8.98. The van der Waals surface area contributed by atoms with Crippen LogP contribution in [0.3, 0.4) is 0 Å². The Morgan fingerprint density at radius 1 is 1.24 bits per heavy atom. The quantitative estimate of drug-likeness (QED) is 0.800. The second kappa shape index (κ2) is 8.20. The predicted molar refractivity (Wildman–Crippen MR) is 94.9 cm³/mol. The van der Waals surface area contributed by atoms with Crippen LogP contribution in [0.2, 0.25) is 0 Å². The van der Waals surface area contributed by atoms with Gasteiger partial charge in [-0.3, -0.25) is 9.69 Å².